The van der Waals surface area contributed by atoms with Crippen LogP contribution < -0.4 is 42.3 Å². The zero-order valence-electron chi connectivity index (χ0n) is 7.03. The van der Waals surface area contributed by atoms with Crippen molar-refractivity contribution >= 4 is 0 Å². The Morgan fingerprint density at radius 2 is 1.42 bits per heavy atom. The van der Waals surface area contributed by atoms with Gasteiger partial charge in [-0.2, -0.15) is 0 Å². The summed E-state index contributed by atoms with van der Waals surface area (Å²) in [4.78, 5) is 0. The Kier molecular flexibility index (Phi) is 19.3. The van der Waals surface area contributed by atoms with Gasteiger partial charge in [-0.3, -0.25) is 0 Å². The van der Waals surface area contributed by atoms with Gasteiger partial charge in [0, 0.05) is 5.69 Å². The second-order valence-corrected chi connectivity index (χ2v) is 2.00. The molecular weight excluding hydrogens is 298 g/mol. The Balaban J connectivity index is -0.0000000800. The molecule has 0 aliphatic rings. The Morgan fingerprint density at radius 3 is 1.50 bits per heavy atom. The van der Waals surface area contributed by atoms with Crippen molar-refractivity contribution in [3.63, 3.8) is 0 Å². The fourth-order valence-corrected chi connectivity index (χ4v) is 0.562. The summed E-state index contributed by atoms with van der Waals surface area (Å²) in [6.45, 7) is 5.97. The molecule has 0 aliphatic heterocycles. The summed E-state index contributed by atoms with van der Waals surface area (Å²) in [5.41, 5.74) is 3.30. The average molecular weight is 307 g/mol. The van der Waals surface area contributed by atoms with Crippen molar-refractivity contribution in [2.45, 2.75) is 20.8 Å². The van der Waals surface area contributed by atoms with E-state index in [1.165, 1.54) is 5.56 Å². The van der Waals surface area contributed by atoms with E-state index in [4.69, 9.17) is 0 Å². The topological polar surface area (TPSA) is 27.0 Å². The first-order valence-electron chi connectivity index (χ1n) is 2.65. The van der Waals surface area contributed by atoms with Crippen LogP contribution in [0.15, 0.2) is 0 Å². The molecule has 0 bridgehead atoms. The molecule has 68 valence electrons. The van der Waals surface area contributed by atoms with Crippen LogP contribution in [0.3, 0.4) is 0 Å². The molecule has 1 heterocycles. The monoisotopic (exact) mass is 304 g/mol. The third kappa shape index (κ3) is 5.58. The molecule has 0 amide bonds. The summed E-state index contributed by atoms with van der Waals surface area (Å²) in [6.07, 6.45) is 0. The van der Waals surface area contributed by atoms with Crippen molar-refractivity contribution in [1.82, 2.24) is 10.2 Å². The van der Waals surface area contributed by atoms with Gasteiger partial charge in [-0.25, -0.2) is 0 Å². The molecule has 12 heavy (non-hydrogen) atoms. The quantitative estimate of drug-likeness (QED) is 0.476. The first kappa shape index (κ1) is 23.1. The molecule has 0 aromatic carbocycles. The second-order valence-electron chi connectivity index (χ2n) is 2.00. The minimum atomic E-state index is 0. The first-order chi connectivity index (χ1) is 3.72. The fourth-order valence-electron chi connectivity index (χ4n) is 0.562. The van der Waals surface area contributed by atoms with Crippen molar-refractivity contribution in [3.8, 4) is 0 Å². The zero-order valence-corrected chi connectivity index (χ0v) is 11.8. The van der Waals surface area contributed by atoms with E-state index in [9.17, 15) is 0 Å². The molecular formula is C6H9Cl3N2Zr. The van der Waals surface area contributed by atoms with Gasteiger partial charge in [0.15, 0.2) is 0 Å². The largest absolute Gasteiger partial charge is 4.00 e. The number of halogens is 3. The van der Waals surface area contributed by atoms with Crippen LogP contribution >= 0.6 is 0 Å². The molecule has 0 spiro atoms. The van der Waals surface area contributed by atoms with Gasteiger partial charge in [0.25, 0.3) is 0 Å². The summed E-state index contributed by atoms with van der Waals surface area (Å²) in [5.74, 6) is 0. The van der Waals surface area contributed by atoms with Crippen molar-refractivity contribution < 1.29 is 63.4 Å². The molecule has 0 saturated heterocycles. The van der Waals surface area contributed by atoms with Gasteiger partial charge in [0.1, 0.15) is 0 Å². The third-order valence-electron chi connectivity index (χ3n) is 1.44. The zero-order chi connectivity index (χ0) is 6.15. The maximum Gasteiger partial charge on any atom is 4.00 e. The second kappa shape index (κ2) is 10.0. The van der Waals surface area contributed by atoms with E-state index in [0.717, 1.165) is 11.4 Å². The van der Waals surface area contributed by atoms with Crippen LogP contribution in [0.4, 0.5) is 0 Å². The van der Waals surface area contributed by atoms with Gasteiger partial charge in [-0.1, -0.05) is 6.92 Å². The smallest absolute Gasteiger partial charge is 1.00 e. The molecule has 1 rings (SSSR count). The Bertz CT molecular complexity index is 183. The molecule has 0 fully saturated rings. The molecule has 2 nitrogen and oxygen atoms in total. The van der Waals surface area contributed by atoms with Crippen molar-refractivity contribution in [2.75, 3.05) is 0 Å². The number of nitrogens with zero attached hydrogens (tertiary/aromatic N) is 2. The summed E-state index contributed by atoms with van der Waals surface area (Å²) in [5, 5.41) is 7.73. The van der Waals surface area contributed by atoms with E-state index in [1.54, 1.807) is 0 Å². The van der Waals surface area contributed by atoms with E-state index in [-0.39, 0.29) is 63.4 Å². The van der Waals surface area contributed by atoms with Crippen molar-refractivity contribution in [1.29, 1.82) is 0 Å². The number of hydrogen-bond acceptors (Lipinski definition) is 1. The number of hydrogen-bond donors (Lipinski definition) is 0. The maximum atomic E-state index is 3.87. The number of rotatable bonds is 0. The van der Waals surface area contributed by atoms with E-state index in [0.29, 0.717) is 0 Å². The first-order valence-corrected chi connectivity index (χ1v) is 2.65. The van der Waals surface area contributed by atoms with Crippen LogP contribution in [0.5, 0.6) is 0 Å². The summed E-state index contributed by atoms with van der Waals surface area (Å²) < 4.78 is 0. The number of aryl methyl sites for hydroxylation is 2. The van der Waals surface area contributed by atoms with Gasteiger partial charge < -0.3 is 47.4 Å². The predicted molar refractivity (Wildman–Crippen MR) is 31.8 cm³/mol. The molecule has 0 saturated carbocycles. The van der Waals surface area contributed by atoms with Crippen molar-refractivity contribution in [2.24, 2.45) is 0 Å². The van der Waals surface area contributed by atoms with E-state index in [2.05, 4.69) is 10.2 Å². The molecule has 0 unspecified atom stereocenters. The standard InChI is InChI=1S/C6H9N2.3ClH.Zr/c1-4-5(2)7-8-6(4)3;;;;/h1-3H3;3*1H;/q-1;;;;+4/p-3. The fraction of sp³-hybridized carbons (Fsp3) is 0.500. The van der Waals surface area contributed by atoms with Crippen LogP contribution in [0.25, 0.3) is 0 Å². The average Bonchev–Trinajstić information content (AvgIpc) is 1.98. The molecule has 0 atom stereocenters. The molecule has 6 heteroatoms. The van der Waals surface area contributed by atoms with Gasteiger partial charge in [-0.05, 0) is 19.4 Å². The van der Waals surface area contributed by atoms with Crippen LogP contribution in [-0.2, 0) is 26.2 Å². The third-order valence-corrected chi connectivity index (χ3v) is 1.44. The summed E-state index contributed by atoms with van der Waals surface area (Å²) in [6, 6.07) is 0. The molecule has 1 aromatic rings. The molecule has 1 aromatic heterocycles. The molecule has 0 radical (unpaired) electrons. The minimum absolute atomic E-state index is 0. The van der Waals surface area contributed by atoms with E-state index >= 15 is 0 Å². The predicted octanol–water partition coefficient (Wildman–Crippen LogP) is -8.03. The SMILES string of the molecule is Cc1n[n-]c(C)c1C.[Cl-].[Cl-].[Cl-].[Zr+4]. The number of aromatic nitrogens is 2. The Hall–Kier alpha value is 0.963. The van der Waals surface area contributed by atoms with E-state index < -0.39 is 0 Å². The van der Waals surface area contributed by atoms with Crippen LogP contribution in [0.1, 0.15) is 17.0 Å². The van der Waals surface area contributed by atoms with Crippen LogP contribution in [0, 0.1) is 20.8 Å². The van der Waals surface area contributed by atoms with Crippen LogP contribution in [-0.4, -0.2) is 5.10 Å². The Labute approximate surface area is 111 Å². The Morgan fingerprint density at radius 1 is 1.00 bits per heavy atom. The normalized spacial score (nSPS) is 6.58. The summed E-state index contributed by atoms with van der Waals surface area (Å²) >= 11 is 0. The van der Waals surface area contributed by atoms with E-state index in [1.807, 2.05) is 20.8 Å². The maximum absolute atomic E-state index is 3.87. The molecule has 0 aliphatic carbocycles. The van der Waals surface area contributed by atoms with Crippen molar-refractivity contribution in [3.05, 3.63) is 17.0 Å². The minimum Gasteiger partial charge on any atom is -1.00 e. The molecule has 0 N–H and O–H groups in total. The van der Waals surface area contributed by atoms with Crippen LogP contribution in [0.2, 0.25) is 0 Å². The van der Waals surface area contributed by atoms with Gasteiger partial charge in [0.05, 0.1) is 0 Å². The van der Waals surface area contributed by atoms with Gasteiger partial charge >= 0.3 is 26.2 Å². The summed E-state index contributed by atoms with van der Waals surface area (Å²) in [7, 11) is 0. The van der Waals surface area contributed by atoms with Gasteiger partial charge in [0.2, 0.25) is 0 Å². The van der Waals surface area contributed by atoms with Gasteiger partial charge in [-0.15, -0.1) is 5.69 Å².